The molecule has 0 radical (unpaired) electrons. The Labute approximate surface area is 89.3 Å². The summed E-state index contributed by atoms with van der Waals surface area (Å²) < 4.78 is 12.6. The largest absolute Gasteiger partial charge is 0.481 e. The van der Waals surface area contributed by atoms with Crippen LogP contribution in [0.1, 0.15) is 5.82 Å². The molecule has 0 aliphatic carbocycles. The highest BCUT2D eigenvalue weighted by atomic mass is 19.1. The molecule has 1 aromatic carbocycles. The number of carboxylic acids is 1. The first-order chi connectivity index (χ1) is 7.65. The van der Waals surface area contributed by atoms with Crippen molar-refractivity contribution in [1.82, 2.24) is 20.2 Å². The van der Waals surface area contributed by atoms with E-state index in [4.69, 9.17) is 5.11 Å². The van der Waals surface area contributed by atoms with Gasteiger partial charge in [0, 0.05) is 0 Å². The van der Waals surface area contributed by atoms with E-state index in [1.165, 1.54) is 24.3 Å². The Morgan fingerprint density at radius 3 is 2.69 bits per heavy atom. The number of nitrogens with zero attached hydrogens (tertiary/aromatic N) is 4. The molecular formula is C9H7FN4O2. The summed E-state index contributed by atoms with van der Waals surface area (Å²) in [7, 11) is 0. The van der Waals surface area contributed by atoms with Crippen LogP contribution in [0.4, 0.5) is 4.39 Å². The van der Waals surface area contributed by atoms with Crippen molar-refractivity contribution in [2.24, 2.45) is 0 Å². The Bertz CT molecular complexity index is 508. The summed E-state index contributed by atoms with van der Waals surface area (Å²) in [5.41, 5.74) is 0.519. The molecule has 2 rings (SSSR count). The van der Waals surface area contributed by atoms with Gasteiger partial charge in [-0.3, -0.25) is 4.79 Å². The molecule has 16 heavy (non-hydrogen) atoms. The molecule has 0 saturated carbocycles. The van der Waals surface area contributed by atoms with Crippen molar-refractivity contribution in [3.63, 3.8) is 0 Å². The molecular weight excluding hydrogens is 215 g/mol. The zero-order valence-electron chi connectivity index (χ0n) is 8.04. The number of hydrogen-bond acceptors (Lipinski definition) is 4. The van der Waals surface area contributed by atoms with E-state index in [2.05, 4.69) is 15.4 Å². The number of rotatable bonds is 3. The van der Waals surface area contributed by atoms with Crippen LogP contribution in [0.5, 0.6) is 0 Å². The van der Waals surface area contributed by atoms with Crippen molar-refractivity contribution >= 4 is 5.97 Å². The SMILES string of the molecule is O=C(O)Cc1nnn(-c2ccc(F)cc2)n1. The Hall–Kier alpha value is -2.31. The van der Waals surface area contributed by atoms with Crippen LogP contribution in [0.25, 0.3) is 5.69 Å². The minimum Gasteiger partial charge on any atom is -0.481 e. The molecule has 0 atom stereocenters. The number of halogens is 1. The highest BCUT2D eigenvalue weighted by Gasteiger charge is 2.08. The third-order valence-corrected chi connectivity index (χ3v) is 1.82. The fourth-order valence-electron chi connectivity index (χ4n) is 1.13. The molecule has 82 valence electrons. The maximum Gasteiger partial charge on any atom is 0.311 e. The maximum atomic E-state index is 12.6. The van der Waals surface area contributed by atoms with Crippen LogP contribution < -0.4 is 0 Å². The number of carbonyl (C=O) groups is 1. The first kappa shape index (κ1) is 10.2. The van der Waals surface area contributed by atoms with Gasteiger partial charge in [0.15, 0.2) is 5.82 Å². The summed E-state index contributed by atoms with van der Waals surface area (Å²) in [6.45, 7) is 0. The van der Waals surface area contributed by atoms with E-state index >= 15 is 0 Å². The van der Waals surface area contributed by atoms with Crippen LogP contribution >= 0.6 is 0 Å². The number of aliphatic carboxylic acids is 1. The Morgan fingerprint density at radius 2 is 2.06 bits per heavy atom. The minimum absolute atomic E-state index is 0.108. The van der Waals surface area contributed by atoms with Gasteiger partial charge >= 0.3 is 5.97 Å². The van der Waals surface area contributed by atoms with Crippen LogP contribution in [-0.2, 0) is 11.2 Å². The lowest BCUT2D eigenvalue weighted by molar-refractivity contribution is -0.136. The van der Waals surface area contributed by atoms with Gasteiger partial charge in [0.1, 0.15) is 12.2 Å². The molecule has 7 heteroatoms. The van der Waals surface area contributed by atoms with Crippen molar-refractivity contribution in [1.29, 1.82) is 0 Å². The van der Waals surface area contributed by atoms with Crippen molar-refractivity contribution < 1.29 is 14.3 Å². The lowest BCUT2D eigenvalue weighted by atomic mass is 10.3. The van der Waals surface area contributed by atoms with Crippen molar-refractivity contribution in [3.05, 3.63) is 35.9 Å². The quantitative estimate of drug-likeness (QED) is 0.814. The van der Waals surface area contributed by atoms with Gasteiger partial charge in [-0.25, -0.2) is 4.39 Å². The third kappa shape index (κ3) is 2.19. The van der Waals surface area contributed by atoms with Gasteiger partial charge in [-0.15, -0.1) is 15.0 Å². The van der Waals surface area contributed by atoms with Crippen LogP contribution in [0.15, 0.2) is 24.3 Å². The number of hydrogen-bond donors (Lipinski definition) is 1. The van der Waals surface area contributed by atoms with E-state index in [9.17, 15) is 9.18 Å². The zero-order chi connectivity index (χ0) is 11.5. The summed E-state index contributed by atoms with van der Waals surface area (Å²) in [4.78, 5) is 11.5. The molecule has 0 saturated heterocycles. The van der Waals surface area contributed by atoms with Gasteiger partial charge in [0.25, 0.3) is 0 Å². The standard InChI is InChI=1S/C9H7FN4O2/c10-6-1-3-7(4-2-6)14-12-8(11-13-14)5-9(15)16/h1-4H,5H2,(H,15,16). The Morgan fingerprint density at radius 1 is 1.38 bits per heavy atom. The van der Waals surface area contributed by atoms with Gasteiger partial charge < -0.3 is 5.11 Å². The monoisotopic (exact) mass is 222 g/mol. The lowest BCUT2D eigenvalue weighted by Gasteiger charge is -1.96. The molecule has 0 aliphatic rings. The van der Waals surface area contributed by atoms with E-state index in [-0.39, 0.29) is 18.1 Å². The van der Waals surface area contributed by atoms with Crippen molar-refractivity contribution in [3.8, 4) is 5.69 Å². The minimum atomic E-state index is -1.03. The molecule has 0 amide bonds. The molecule has 1 aromatic heterocycles. The number of tetrazole rings is 1. The Kier molecular flexibility index (Phi) is 2.59. The van der Waals surface area contributed by atoms with Gasteiger partial charge in [0.05, 0.1) is 5.69 Å². The highest BCUT2D eigenvalue weighted by molar-refractivity contribution is 5.68. The molecule has 0 fully saturated rings. The number of carboxylic acid groups (broad SMARTS) is 1. The number of benzene rings is 1. The van der Waals surface area contributed by atoms with Gasteiger partial charge in [0.2, 0.25) is 0 Å². The second-order valence-electron chi connectivity index (χ2n) is 3.04. The molecule has 1 N–H and O–H groups in total. The van der Waals surface area contributed by atoms with Crippen LogP contribution in [-0.4, -0.2) is 31.3 Å². The summed E-state index contributed by atoms with van der Waals surface area (Å²) >= 11 is 0. The van der Waals surface area contributed by atoms with Crippen LogP contribution in [0.3, 0.4) is 0 Å². The van der Waals surface area contributed by atoms with Gasteiger partial charge in [-0.05, 0) is 29.5 Å². The fourth-order valence-corrected chi connectivity index (χ4v) is 1.13. The van der Waals surface area contributed by atoms with E-state index in [1.54, 1.807) is 0 Å². The van der Waals surface area contributed by atoms with E-state index < -0.39 is 5.97 Å². The fraction of sp³-hybridized carbons (Fsp3) is 0.111. The smallest absolute Gasteiger partial charge is 0.311 e. The van der Waals surface area contributed by atoms with Crippen LogP contribution in [0, 0.1) is 5.82 Å². The van der Waals surface area contributed by atoms with Gasteiger partial charge in [-0.1, -0.05) is 0 Å². The summed E-state index contributed by atoms with van der Waals surface area (Å²) in [5.74, 6) is -1.29. The Balaban J connectivity index is 2.24. The predicted molar refractivity (Wildman–Crippen MR) is 50.5 cm³/mol. The van der Waals surface area contributed by atoms with Gasteiger partial charge in [-0.2, -0.15) is 0 Å². The molecule has 6 nitrogen and oxygen atoms in total. The topological polar surface area (TPSA) is 80.9 Å². The first-order valence-corrected chi connectivity index (χ1v) is 4.42. The molecule has 0 bridgehead atoms. The zero-order valence-corrected chi connectivity index (χ0v) is 8.04. The van der Waals surface area contributed by atoms with Crippen molar-refractivity contribution in [2.45, 2.75) is 6.42 Å². The van der Waals surface area contributed by atoms with E-state index in [0.717, 1.165) is 4.80 Å². The first-order valence-electron chi connectivity index (χ1n) is 4.42. The van der Waals surface area contributed by atoms with E-state index in [1.807, 2.05) is 0 Å². The molecule has 0 aliphatic heterocycles. The van der Waals surface area contributed by atoms with E-state index in [0.29, 0.717) is 5.69 Å². The summed E-state index contributed by atoms with van der Waals surface area (Å²) in [6, 6.07) is 5.47. The molecule has 1 heterocycles. The highest BCUT2D eigenvalue weighted by Crippen LogP contribution is 2.05. The second kappa shape index (κ2) is 4.05. The van der Waals surface area contributed by atoms with Crippen molar-refractivity contribution in [2.75, 3.05) is 0 Å². The molecule has 0 unspecified atom stereocenters. The maximum absolute atomic E-state index is 12.6. The molecule has 0 spiro atoms. The average molecular weight is 222 g/mol. The third-order valence-electron chi connectivity index (χ3n) is 1.82. The normalized spacial score (nSPS) is 10.3. The second-order valence-corrected chi connectivity index (χ2v) is 3.04. The molecule has 2 aromatic rings. The van der Waals surface area contributed by atoms with Crippen LogP contribution in [0.2, 0.25) is 0 Å². The number of aromatic nitrogens is 4. The predicted octanol–water partition coefficient (Wildman–Crippen LogP) is 0.428. The summed E-state index contributed by atoms with van der Waals surface area (Å²) in [6.07, 6.45) is -0.290. The summed E-state index contributed by atoms with van der Waals surface area (Å²) in [5, 5.41) is 19.6. The average Bonchev–Trinajstić information content (AvgIpc) is 2.66. The lowest BCUT2D eigenvalue weighted by Crippen LogP contribution is -2.03.